The van der Waals surface area contributed by atoms with Crippen LogP contribution >= 0.6 is 0 Å². The summed E-state index contributed by atoms with van der Waals surface area (Å²) in [6.45, 7) is 0.999. The molecule has 1 aromatic carbocycles. The summed E-state index contributed by atoms with van der Waals surface area (Å²) in [7, 11) is 0. The number of rotatable bonds is 3. The van der Waals surface area contributed by atoms with Crippen LogP contribution in [0.5, 0.6) is 5.75 Å². The lowest BCUT2D eigenvalue weighted by atomic mass is 9.82. The zero-order chi connectivity index (χ0) is 17.2. The SMILES string of the molecule is O=C(COc1cccc(F)c1)N1CCC2(CC1)C[C@@H](O)[C@@H](O)CO2. The molecule has 24 heavy (non-hydrogen) atoms. The molecule has 2 heterocycles. The Morgan fingerprint density at radius 3 is 2.75 bits per heavy atom. The quantitative estimate of drug-likeness (QED) is 0.848. The molecule has 2 aliphatic rings. The lowest BCUT2D eigenvalue weighted by Gasteiger charge is -2.46. The number of ether oxygens (including phenoxy) is 2. The van der Waals surface area contributed by atoms with E-state index in [1.807, 2.05) is 0 Å². The molecule has 0 bridgehead atoms. The first-order valence-corrected chi connectivity index (χ1v) is 8.14. The number of hydrogen-bond acceptors (Lipinski definition) is 5. The zero-order valence-electron chi connectivity index (χ0n) is 13.4. The highest BCUT2D eigenvalue weighted by molar-refractivity contribution is 5.77. The van der Waals surface area contributed by atoms with Gasteiger partial charge in [-0.1, -0.05) is 6.07 Å². The van der Waals surface area contributed by atoms with Gasteiger partial charge >= 0.3 is 0 Å². The lowest BCUT2D eigenvalue weighted by molar-refractivity contribution is -0.189. The van der Waals surface area contributed by atoms with Crippen molar-refractivity contribution < 1.29 is 28.9 Å². The van der Waals surface area contributed by atoms with E-state index in [1.165, 1.54) is 18.2 Å². The molecule has 0 aliphatic carbocycles. The fraction of sp³-hybridized carbons (Fsp3) is 0.588. The summed E-state index contributed by atoms with van der Waals surface area (Å²) in [5.74, 6) is -0.245. The Hall–Kier alpha value is -1.70. The van der Waals surface area contributed by atoms with Crippen LogP contribution in [0.1, 0.15) is 19.3 Å². The Bertz CT molecular complexity index is 588. The Kier molecular flexibility index (Phi) is 5.03. The summed E-state index contributed by atoms with van der Waals surface area (Å²) in [5, 5.41) is 19.4. The zero-order valence-corrected chi connectivity index (χ0v) is 13.4. The first-order chi connectivity index (χ1) is 11.5. The fourth-order valence-electron chi connectivity index (χ4n) is 3.25. The van der Waals surface area contributed by atoms with Gasteiger partial charge in [-0.3, -0.25) is 4.79 Å². The van der Waals surface area contributed by atoms with E-state index in [-0.39, 0.29) is 19.1 Å². The summed E-state index contributed by atoms with van der Waals surface area (Å²) >= 11 is 0. The molecule has 2 saturated heterocycles. The van der Waals surface area contributed by atoms with Crippen LogP contribution in [0, 0.1) is 5.82 Å². The number of benzene rings is 1. The molecule has 7 heteroatoms. The standard InChI is InChI=1S/C17H22FNO5/c18-12-2-1-3-13(8-12)23-11-16(22)19-6-4-17(5-7-19)9-14(20)15(21)10-24-17/h1-3,8,14-15,20-21H,4-7,9-11H2/t14-,15+/m1/s1. The second-order valence-corrected chi connectivity index (χ2v) is 6.46. The van der Waals surface area contributed by atoms with Crippen molar-refractivity contribution in [1.82, 2.24) is 4.90 Å². The van der Waals surface area contributed by atoms with Crippen molar-refractivity contribution in [2.45, 2.75) is 37.1 Å². The van der Waals surface area contributed by atoms with E-state index in [0.29, 0.717) is 38.1 Å². The van der Waals surface area contributed by atoms with E-state index in [1.54, 1.807) is 11.0 Å². The predicted molar refractivity (Wildman–Crippen MR) is 83.0 cm³/mol. The second kappa shape index (κ2) is 7.04. The minimum Gasteiger partial charge on any atom is -0.484 e. The molecule has 1 spiro atoms. The molecule has 0 saturated carbocycles. The number of carbonyl (C=O) groups excluding carboxylic acids is 1. The highest BCUT2D eigenvalue weighted by Gasteiger charge is 2.43. The van der Waals surface area contributed by atoms with Crippen molar-refractivity contribution in [3.8, 4) is 5.75 Å². The van der Waals surface area contributed by atoms with E-state index in [0.717, 1.165) is 0 Å². The van der Waals surface area contributed by atoms with Gasteiger partial charge in [0.1, 0.15) is 17.7 Å². The van der Waals surface area contributed by atoms with Crippen molar-refractivity contribution in [3.05, 3.63) is 30.1 Å². The maximum absolute atomic E-state index is 13.1. The van der Waals surface area contributed by atoms with Gasteiger partial charge in [-0.15, -0.1) is 0 Å². The fourth-order valence-corrected chi connectivity index (χ4v) is 3.25. The molecule has 0 aromatic heterocycles. The summed E-state index contributed by atoms with van der Waals surface area (Å²) in [4.78, 5) is 13.9. The number of halogens is 1. The van der Waals surface area contributed by atoms with Gasteiger partial charge in [0.15, 0.2) is 6.61 Å². The van der Waals surface area contributed by atoms with Crippen molar-refractivity contribution in [3.63, 3.8) is 0 Å². The van der Waals surface area contributed by atoms with Crippen molar-refractivity contribution in [2.75, 3.05) is 26.3 Å². The summed E-state index contributed by atoms with van der Waals surface area (Å²) in [6.07, 6.45) is -0.00621. The Morgan fingerprint density at radius 2 is 2.08 bits per heavy atom. The molecule has 0 radical (unpaired) electrons. The van der Waals surface area contributed by atoms with Crippen LogP contribution < -0.4 is 4.74 Å². The number of carbonyl (C=O) groups is 1. The topological polar surface area (TPSA) is 79.2 Å². The average molecular weight is 339 g/mol. The molecule has 132 valence electrons. The van der Waals surface area contributed by atoms with Gasteiger partial charge < -0.3 is 24.6 Å². The van der Waals surface area contributed by atoms with Crippen molar-refractivity contribution in [1.29, 1.82) is 0 Å². The summed E-state index contributed by atoms with van der Waals surface area (Å²) in [5.41, 5.74) is -0.459. The maximum atomic E-state index is 13.1. The maximum Gasteiger partial charge on any atom is 0.260 e. The van der Waals surface area contributed by atoms with Gasteiger partial charge in [-0.2, -0.15) is 0 Å². The Morgan fingerprint density at radius 1 is 1.33 bits per heavy atom. The van der Waals surface area contributed by atoms with Crippen LogP contribution in [0.2, 0.25) is 0 Å². The van der Waals surface area contributed by atoms with E-state index >= 15 is 0 Å². The number of nitrogens with zero attached hydrogens (tertiary/aromatic N) is 1. The number of hydrogen-bond donors (Lipinski definition) is 2. The molecule has 0 unspecified atom stereocenters. The van der Waals surface area contributed by atoms with Gasteiger partial charge in [0.25, 0.3) is 5.91 Å². The molecule has 3 rings (SSSR count). The molecule has 2 fully saturated rings. The normalized spacial score (nSPS) is 26.4. The van der Waals surface area contributed by atoms with E-state index < -0.39 is 23.6 Å². The number of amides is 1. The minimum absolute atomic E-state index is 0.123. The predicted octanol–water partition coefficient (Wildman–Crippen LogP) is 0.708. The summed E-state index contributed by atoms with van der Waals surface area (Å²) in [6, 6.07) is 5.68. The van der Waals surface area contributed by atoms with Crippen molar-refractivity contribution >= 4 is 5.91 Å². The minimum atomic E-state index is -0.838. The molecule has 1 aromatic rings. The summed E-state index contributed by atoms with van der Waals surface area (Å²) < 4.78 is 24.2. The number of piperidine rings is 1. The molecule has 1 amide bonds. The van der Waals surface area contributed by atoms with Gasteiger partial charge in [-0.25, -0.2) is 4.39 Å². The number of aliphatic hydroxyl groups excluding tert-OH is 2. The van der Waals surface area contributed by atoms with Gasteiger partial charge in [0.2, 0.25) is 0 Å². The number of likely N-dealkylation sites (tertiary alicyclic amines) is 1. The largest absolute Gasteiger partial charge is 0.484 e. The first kappa shape index (κ1) is 17.1. The number of aliphatic hydroxyl groups is 2. The third kappa shape index (κ3) is 3.85. The van der Waals surface area contributed by atoms with Gasteiger partial charge in [-0.05, 0) is 25.0 Å². The molecule has 2 aliphatic heterocycles. The monoisotopic (exact) mass is 339 g/mol. The van der Waals surface area contributed by atoms with Crippen LogP contribution in [0.25, 0.3) is 0 Å². The van der Waals surface area contributed by atoms with Gasteiger partial charge in [0, 0.05) is 25.6 Å². The lowest BCUT2D eigenvalue weighted by Crippen LogP contribution is -2.55. The smallest absolute Gasteiger partial charge is 0.260 e. The molecular weight excluding hydrogens is 317 g/mol. The Labute approximate surface area is 139 Å². The molecular formula is C17H22FNO5. The van der Waals surface area contributed by atoms with Crippen LogP contribution in [0.15, 0.2) is 24.3 Å². The van der Waals surface area contributed by atoms with Gasteiger partial charge in [0.05, 0.1) is 18.3 Å². The third-order valence-corrected chi connectivity index (χ3v) is 4.77. The second-order valence-electron chi connectivity index (χ2n) is 6.46. The van der Waals surface area contributed by atoms with Crippen LogP contribution in [-0.4, -0.2) is 65.1 Å². The average Bonchev–Trinajstić information content (AvgIpc) is 2.57. The first-order valence-electron chi connectivity index (χ1n) is 8.14. The molecule has 6 nitrogen and oxygen atoms in total. The third-order valence-electron chi connectivity index (χ3n) is 4.77. The van der Waals surface area contributed by atoms with E-state index in [4.69, 9.17) is 9.47 Å². The van der Waals surface area contributed by atoms with Crippen LogP contribution in [0.3, 0.4) is 0 Å². The van der Waals surface area contributed by atoms with Crippen LogP contribution in [-0.2, 0) is 9.53 Å². The highest BCUT2D eigenvalue weighted by Crippen LogP contribution is 2.35. The van der Waals surface area contributed by atoms with Crippen molar-refractivity contribution in [2.24, 2.45) is 0 Å². The van der Waals surface area contributed by atoms with E-state index in [9.17, 15) is 19.4 Å². The molecule has 2 N–H and O–H groups in total. The van der Waals surface area contributed by atoms with E-state index in [2.05, 4.69) is 0 Å². The highest BCUT2D eigenvalue weighted by atomic mass is 19.1. The molecule has 2 atom stereocenters. The Balaban J connectivity index is 1.48. The van der Waals surface area contributed by atoms with Crippen LogP contribution in [0.4, 0.5) is 4.39 Å².